The van der Waals surface area contributed by atoms with Crippen LogP contribution >= 0.6 is 11.3 Å². The summed E-state index contributed by atoms with van der Waals surface area (Å²) in [5.74, 6) is 0. The van der Waals surface area contributed by atoms with Crippen molar-refractivity contribution < 1.29 is 0 Å². The summed E-state index contributed by atoms with van der Waals surface area (Å²) in [7, 11) is 0. The van der Waals surface area contributed by atoms with E-state index in [9.17, 15) is 0 Å². The Morgan fingerprint density at radius 2 is 1.80 bits per heavy atom. The van der Waals surface area contributed by atoms with E-state index < -0.39 is 0 Å². The highest BCUT2D eigenvalue weighted by atomic mass is 32.1. The molecule has 0 spiro atoms. The Balaban J connectivity index is 1.78. The number of benzene rings is 1. The molecule has 1 saturated heterocycles. The molecule has 20 heavy (non-hydrogen) atoms. The van der Waals surface area contributed by atoms with Crippen LogP contribution in [0, 0.1) is 0 Å². The van der Waals surface area contributed by atoms with Gasteiger partial charge in [0.15, 0.2) is 0 Å². The van der Waals surface area contributed by atoms with Gasteiger partial charge < -0.3 is 0 Å². The minimum absolute atomic E-state index is 0.256. The predicted molar refractivity (Wildman–Crippen MR) is 85.3 cm³/mol. The first-order valence-electron chi connectivity index (χ1n) is 7.74. The monoisotopic (exact) mass is 283 g/mol. The Morgan fingerprint density at radius 3 is 2.60 bits per heavy atom. The predicted octanol–water partition coefficient (Wildman–Crippen LogP) is 4.23. The summed E-state index contributed by atoms with van der Waals surface area (Å²) in [6, 6.07) is 13.6. The number of hydrogen-bond acceptors (Lipinski definition) is 2. The summed E-state index contributed by atoms with van der Waals surface area (Å²) in [5, 5.41) is 2.27. The van der Waals surface area contributed by atoms with Crippen LogP contribution in [0.1, 0.15) is 35.3 Å². The highest BCUT2D eigenvalue weighted by Gasteiger charge is 2.42. The van der Waals surface area contributed by atoms with Crippen molar-refractivity contribution >= 4 is 11.3 Å². The van der Waals surface area contributed by atoms with Crippen molar-refractivity contribution in [3.63, 3.8) is 0 Å². The van der Waals surface area contributed by atoms with Gasteiger partial charge in [0.05, 0.1) is 5.54 Å². The molecule has 1 aromatic carbocycles. The molecular formula is C18H21NS. The third-order valence-corrected chi connectivity index (χ3v) is 6.13. The van der Waals surface area contributed by atoms with Gasteiger partial charge in [0.25, 0.3) is 0 Å². The van der Waals surface area contributed by atoms with Gasteiger partial charge in [0.2, 0.25) is 0 Å². The lowest BCUT2D eigenvalue weighted by molar-refractivity contribution is 0.0978. The van der Waals surface area contributed by atoms with Gasteiger partial charge >= 0.3 is 0 Å². The number of likely N-dealkylation sites (tertiary alicyclic amines) is 1. The summed E-state index contributed by atoms with van der Waals surface area (Å²) >= 11 is 1.95. The molecule has 1 atom stereocenters. The van der Waals surface area contributed by atoms with Crippen LogP contribution in [0.2, 0.25) is 0 Å². The molecule has 1 aliphatic carbocycles. The molecule has 0 saturated carbocycles. The van der Waals surface area contributed by atoms with E-state index >= 15 is 0 Å². The van der Waals surface area contributed by atoms with Gasteiger partial charge in [-0.05, 0) is 67.8 Å². The number of fused-ring (bicyclic) bond motifs is 1. The lowest BCUT2D eigenvalue weighted by Gasteiger charge is -2.45. The van der Waals surface area contributed by atoms with Gasteiger partial charge in [-0.1, -0.05) is 30.3 Å². The van der Waals surface area contributed by atoms with Gasteiger partial charge in [-0.25, -0.2) is 0 Å². The minimum Gasteiger partial charge on any atom is -0.293 e. The van der Waals surface area contributed by atoms with Crippen molar-refractivity contribution in [2.45, 2.75) is 37.6 Å². The number of aryl methyl sites for hydroxylation is 1. The highest BCUT2D eigenvalue weighted by Crippen LogP contribution is 2.44. The molecule has 2 aliphatic rings. The van der Waals surface area contributed by atoms with Gasteiger partial charge in [-0.3, -0.25) is 4.90 Å². The fraction of sp³-hybridized carbons (Fsp3) is 0.444. The van der Waals surface area contributed by atoms with Crippen LogP contribution in [0.15, 0.2) is 41.8 Å². The third-order valence-electron chi connectivity index (χ3n) is 5.11. The average molecular weight is 283 g/mol. The van der Waals surface area contributed by atoms with E-state index in [0.717, 1.165) is 0 Å². The van der Waals surface area contributed by atoms with Gasteiger partial charge in [-0.2, -0.15) is 0 Å². The van der Waals surface area contributed by atoms with Crippen LogP contribution in [0.4, 0.5) is 0 Å². The van der Waals surface area contributed by atoms with Crippen LogP contribution in [-0.4, -0.2) is 18.0 Å². The van der Waals surface area contributed by atoms with Crippen molar-refractivity contribution in [1.82, 2.24) is 4.90 Å². The molecular weight excluding hydrogens is 262 g/mol. The summed E-state index contributed by atoms with van der Waals surface area (Å²) in [6.45, 7) is 2.54. The summed E-state index contributed by atoms with van der Waals surface area (Å²) in [6.07, 6.45) is 6.47. The number of thiophene rings is 1. The minimum atomic E-state index is 0.256. The quantitative estimate of drug-likeness (QED) is 0.797. The van der Waals surface area contributed by atoms with Crippen LogP contribution in [0.25, 0.3) is 0 Å². The average Bonchev–Trinajstić information content (AvgIpc) is 3.18. The number of nitrogens with zero attached hydrogens (tertiary/aromatic N) is 1. The molecule has 0 N–H and O–H groups in total. The largest absolute Gasteiger partial charge is 0.293 e. The van der Waals surface area contributed by atoms with E-state index in [4.69, 9.17) is 0 Å². The van der Waals surface area contributed by atoms with Gasteiger partial charge in [0, 0.05) is 4.88 Å². The zero-order valence-electron chi connectivity index (χ0n) is 11.8. The Morgan fingerprint density at radius 1 is 1.00 bits per heavy atom. The number of hydrogen-bond donors (Lipinski definition) is 0. The van der Waals surface area contributed by atoms with E-state index in [1.165, 1.54) is 50.8 Å². The Hall–Kier alpha value is -1.12. The maximum absolute atomic E-state index is 2.77. The Bertz CT molecular complexity index is 582. The standard InChI is InChI=1S/C18H21NS/c1-2-6-16(7-3-1)18(19-11-4-5-12-19)10-8-17-15(14-18)9-13-20-17/h1-3,6-7,9,13H,4-5,8,10-12,14H2. The Labute approximate surface area is 125 Å². The molecule has 4 rings (SSSR count). The second-order valence-electron chi connectivity index (χ2n) is 6.14. The maximum atomic E-state index is 2.77. The molecule has 1 aliphatic heterocycles. The van der Waals surface area contributed by atoms with Crippen molar-refractivity contribution in [2.24, 2.45) is 0 Å². The molecule has 2 heterocycles. The van der Waals surface area contributed by atoms with Crippen LogP contribution in [-0.2, 0) is 18.4 Å². The molecule has 1 unspecified atom stereocenters. The van der Waals surface area contributed by atoms with Crippen LogP contribution in [0.5, 0.6) is 0 Å². The highest BCUT2D eigenvalue weighted by molar-refractivity contribution is 7.10. The van der Waals surface area contributed by atoms with E-state index in [0.29, 0.717) is 0 Å². The summed E-state index contributed by atoms with van der Waals surface area (Å²) in [5.41, 5.74) is 3.38. The Kier molecular flexibility index (Phi) is 3.16. The molecule has 2 aromatic rings. The molecule has 1 nitrogen and oxygen atoms in total. The lowest BCUT2D eigenvalue weighted by atomic mass is 9.75. The van der Waals surface area contributed by atoms with E-state index in [2.05, 4.69) is 46.7 Å². The summed E-state index contributed by atoms with van der Waals surface area (Å²) in [4.78, 5) is 4.39. The van der Waals surface area contributed by atoms with Crippen LogP contribution in [0.3, 0.4) is 0 Å². The summed E-state index contributed by atoms with van der Waals surface area (Å²) < 4.78 is 0. The molecule has 0 amide bonds. The fourth-order valence-electron chi connectivity index (χ4n) is 4.06. The van der Waals surface area contributed by atoms with E-state index in [1.54, 1.807) is 10.4 Å². The third kappa shape index (κ3) is 1.94. The molecule has 1 fully saturated rings. The zero-order chi connectivity index (χ0) is 13.4. The normalized spacial score (nSPS) is 26.6. The molecule has 104 valence electrons. The maximum Gasteiger partial charge on any atom is 0.0504 e. The van der Waals surface area contributed by atoms with Crippen molar-refractivity contribution in [2.75, 3.05) is 13.1 Å². The molecule has 0 radical (unpaired) electrons. The SMILES string of the molecule is c1ccc(C2(N3CCCC3)CCc3sccc3C2)cc1. The molecule has 1 aromatic heterocycles. The first-order valence-corrected chi connectivity index (χ1v) is 8.62. The number of rotatable bonds is 2. The van der Waals surface area contributed by atoms with Crippen molar-refractivity contribution in [1.29, 1.82) is 0 Å². The fourth-order valence-corrected chi connectivity index (χ4v) is 4.97. The van der Waals surface area contributed by atoms with Gasteiger partial charge in [0.1, 0.15) is 0 Å². The first kappa shape index (κ1) is 12.6. The second-order valence-corrected chi connectivity index (χ2v) is 7.14. The van der Waals surface area contributed by atoms with Crippen molar-refractivity contribution in [3.8, 4) is 0 Å². The van der Waals surface area contributed by atoms with Gasteiger partial charge in [-0.15, -0.1) is 11.3 Å². The molecule has 2 heteroatoms. The smallest absolute Gasteiger partial charge is 0.0504 e. The topological polar surface area (TPSA) is 3.24 Å². The second kappa shape index (κ2) is 5.01. The molecule has 0 bridgehead atoms. The van der Waals surface area contributed by atoms with Crippen LogP contribution < -0.4 is 0 Å². The lowest BCUT2D eigenvalue weighted by Crippen LogP contribution is -2.48. The van der Waals surface area contributed by atoms with E-state index in [1.807, 2.05) is 11.3 Å². The first-order chi connectivity index (χ1) is 9.88. The zero-order valence-corrected chi connectivity index (χ0v) is 12.7. The van der Waals surface area contributed by atoms with E-state index in [-0.39, 0.29) is 5.54 Å². The van der Waals surface area contributed by atoms with Crippen molar-refractivity contribution in [3.05, 3.63) is 57.8 Å².